The smallest absolute Gasteiger partial charge is 0.258 e. The van der Waals surface area contributed by atoms with Gasteiger partial charge in [0.1, 0.15) is 10.9 Å². The van der Waals surface area contributed by atoms with Crippen LogP contribution >= 0.6 is 23.5 Å². The minimum atomic E-state index is -3.48. The largest absolute Gasteiger partial charge is 0.272 e. The van der Waals surface area contributed by atoms with Crippen molar-refractivity contribution >= 4 is 43.8 Å². The van der Waals surface area contributed by atoms with Crippen LogP contribution in [-0.2, 0) is 14.8 Å². The van der Waals surface area contributed by atoms with E-state index >= 15 is 0 Å². The number of sulfonamides is 1. The van der Waals surface area contributed by atoms with Gasteiger partial charge in [0.05, 0.1) is 11.8 Å². The first kappa shape index (κ1) is 16.6. The van der Waals surface area contributed by atoms with Crippen LogP contribution in [0.4, 0.5) is 0 Å². The molecule has 8 heteroatoms. The highest BCUT2D eigenvalue weighted by Crippen LogP contribution is 2.63. The normalized spacial score (nSPS) is 38.1. The fourth-order valence-corrected chi connectivity index (χ4v) is 8.21. The number of amides is 1. The summed E-state index contributed by atoms with van der Waals surface area (Å²) < 4.78 is 27.2. The van der Waals surface area contributed by atoms with Crippen LogP contribution < -0.4 is 0 Å². The monoisotopic (exact) mass is 362 g/mol. The molecule has 0 aromatic rings. The third-order valence-corrected chi connectivity index (χ3v) is 9.67. The standard InChI is InChI=1S/C14H22N2O3S3/c1-9-10-4-5-14(9)8-22(18,19)16(11(14)6-10)12(17)7-15-13(20-2)21-3/h9-11H,4-8H2,1-3H3. The van der Waals surface area contributed by atoms with Gasteiger partial charge in [0.25, 0.3) is 5.91 Å². The molecule has 124 valence electrons. The van der Waals surface area contributed by atoms with E-state index in [9.17, 15) is 13.2 Å². The van der Waals surface area contributed by atoms with E-state index in [4.69, 9.17) is 0 Å². The molecule has 3 fully saturated rings. The van der Waals surface area contributed by atoms with Crippen molar-refractivity contribution in [2.45, 2.75) is 32.2 Å². The molecule has 2 aliphatic carbocycles. The summed E-state index contributed by atoms with van der Waals surface area (Å²) >= 11 is 2.96. The zero-order valence-corrected chi connectivity index (χ0v) is 15.6. The van der Waals surface area contributed by atoms with Crippen molar-refractivity contribution < 1.29 is 13.2 Å². The maximum atomic E-state index is 12.6. The lowest BCUT2D eigenvalue weighted by Crippen LogP contribution is -2.43. The lowest BCUT2D eigenvalue weighted by Gasteiger charge is -2.31. The number of fused-ring (bicyclic) bond motifs is 1. The van der Waals surface area contributed by atoms with E-state index in [0.29, 0.717) is 11.8 Å². The van der Waals surface area contributed by atoms with E-state index in [0.717, 1.165) is 23.6 Å². The molecule has 1 aliphatic heterocycles. The van der Waals surface area contributed by atoms with Gasteiger partial charge in [0, 0.05) is 5.41 Å². The van der Waals surface area contributed by atoms with Crippen molar-refractivity contribution in [2.75, 3.05) is 24.8 Å². The molecule has 2 saturated carbocycles. The lowest BCUT2D eigenvalue weighted by molar-refractivity contribution is -0.127. The summed E-state index contributed by atoms with van der Waals surface area (Å²) in [5.74, 6) is 0.770. The molecule has 4 unspecified atom stereocenters. The maximum Gasteiger partial charge on any atom is 0.258 e. The number of carbonyl (C=O) groups excluding carboxylic acids is 1. The molecular weight excluding hydrogens is 340 g/mol. The average Bonchev–Trinajstić information content (AvgIpc) is 2.99. The predicted octanol–water partition coefficient (Wildman–Crippen LogP) is 2.05. The number of hydrogen-bond donors (Lipinski definition) is 0. The van der Waals surface area contributed by atoms with Crippen LogP contribution in [0.15, 0.2) is 4.99 Å². The Kier molecular flexibility index (Phi) is 4.31. The van der Waals surface area contributed by atoms with E-state index in [2.05, 4.69) is 11.9 Å². The number of aliphatic imine (C=N–C) groups is 1. The van der Waals surface area contributed by atoms with Crippen LogP contribution in [0.5, 0.6) is 0 Å². The highest BCUT2D eigenvalue weighted by atomic mass is 32.2. The maximum absolute atomic E-state index is 12.6. The third-order valence-electron chi connectivity index (χ3n) is 5.76. The fraction of sp³-hybridized carbons (Fsp3) is 0.857. The van der Waals surface area contributed by atoms with Crippen LogP contribution in [0.2, 0.25) is 0 Å². The predicted molar refractivity (Wildman–Crippen MR) is 92.7 cm³/mol. The van der Waals surface area contributed by atoms with Gasteiger partial charge in [-0.3, -0.25) is 9.79 Å². The molecular formula is C14H22N2O3S3. The highest BCUT2D eigenvalue weighted by molar-refractivity contribution is 8.38. The van der Waals surface area contributed by atoms with Crippen LogP contribution in [0.1, 0.15) is 26.2 Å². The number of rotatable bonds is 2. The van der Waals surface area contributed by atoms with Gasteiger partial charge in [0.2, 0.25) is 10.0 Å². The minimum Gasteiger partial charge on any atom is -0.272 e. The molecule has 0 radical (unpaired) electrons. The van der Waals surface area contributed by atoms with Gasteiger partial charge in [0.15, 0.2) is 0 Å². The van der Waals surface area contributed by atoms with E-state index < -0.39 is 10.0 Å². The molecule has 1 amide bonds. The third kappa shape index (κ3) is 2.33. The summed E-state index contributed by atoms with van der Waals surface area (Å²) in [6, 6.07) is -0.124. The van der Waals surface area contributed by atoms with Gasteiger partial charge in [-0.2, -0.15) is 0 Å². The number of nitrogens with zero attached hydrogens (tertiary/aromatic N) is 2. The number of carbonyl (C=O) groups is 1. The van der Waals surface area contributed by atoms with Crippen LogP contribution in [0, 0.1) is 17.3 Å². The molecule has 3 rings (SSSR count). The lowest BCUT2D eigenvalue weighted by atomic mass is 9.78. The van der Waals surface area contributed by atoms with Gasteiger partial charge in [-0.1, -0.05) is 6.92 Å². The van der Waals surface area contributed by atoms with E-state index in [-0.39, 0.29) is 29.7 Å². The molecule has 4 atom stereocenters. The minimum absolute atomic E-state index is 0.0676. The summed E-state index contributed by atoms with van der Waals surface area (Å²) in [5.41, 5.74) is -0.190. The Hall–Kier alpha value is -0.210. The van der Waals surface area contributed by atoms with Gasteiger partial charge in [-0.05, 0) is 43.6 Å². The summed E-state index contributed by atoms with van der Waals surface area (Å²) in [7, 11) is -3.48. The van der Waals surface area contributed by atoms with Crippen molar-refractivity contribution in [3.05, 3.63) is 0 Å². The molecule has 1 heterocycles. The second kappa shape index (κ2) is 5.70. The van der Waals surface area contributed by atoms with Crippen LogP contribution in [0.25, 0.3) is 0 Å². The first-order chi connectivity index (χ1) is 10.4. The summed E-state index contributed by atoms with van der Waals surface area (Å²) in [4.78, 5) is 16.8. The van der Waals surface area contributed by atoms with E-state index in [1.807, 2.05) is 12.5 Å². The van der Waals surface area contributed by atoms with E-state index in [1.165, 1.54) is 27.8 Å². The van der Waals surface area contributed by atoms with Gasteiger partial charge in [-0.25, -0.2) is 12.7 Å². The van der Waals surface area contributed by atoms with Crippen molar-refractivity contribution in [3.63, 3.8) is 0 Å². The Balaban J connectivity index is 1.85. The van der Waals surface area contributed by atoms with Crippen molar-refractivity contribution in [1.29, 1.82) is 0 Å². The van der Waals surface area contributed by atoms with Gasteiger partial charge < -0.3 is 0 Å². The fourth-order valence-electron chi connectivity index (χ4n) is 4.69. The van der Waals surface area contributed by atoms with Crippen LogP contribution in [0.3, 0.4) is 0 Å². The second-order valence-electron chi connectivity index (χ2n) is 6.51. The Morgan fingerprint density at radius 1 is 1.36 bits per heavy atom. The Bertz CT molecular complexity index is 613. The van der Waals surface area contributed by atoms with Gasteiger partial charge >= 0.3 is 0 Å². The molecule has 22 heavy (non-hydrogen) atoms. The van der Waals surface area contributed by atoms with Gasteiger partial charge in [-0.15, -0.1) is 23.5 Å². The quantitative estimate of drug-likeness (QED) is 0.555. The molecule has 0 aromatic heterocycles. The molecule has 0 N–H and O–H groups in total. The highest BCUT2D eigenvalue weighted by Gasteiger charge is 2.67. The average molecular weight is 363 g/mol. The zero-order chi connectivity index (χ0) is 16.1. The van der Waals surface area contributed by atoms with Crippen molar-refractivity contribution in [3.8, 4) is 0 Å². The first-order valence-electron chi connectivity index (χ1n) is 7.53. The van der Waals surface area contributed by atoms with Crippen molar-refractivity contribution in [1.82, 2.24) is 4.31 Å². The number of thioether (sulfide) groups is 2. The van der Waals surface area contributed by atoms with E-state index in [1.54, 1.807) is 0 Å². The number of hydrogen-bond acceptors (Lipinski definition) is 6. The molecule has 0 aromatic carbocycles. The molecule has 1 saturated heterocycles. The van der Waals surface area contributed by atoms with Crippen molar-refractivity contribution in [2.24, 2.45) is 22.2 Å². The second-order valence-corrected chi connectivity index (χ2v) is 10.2. The Labute approximate surface area is 140 Å². The molecule has 2 bridgehead atoms. The Morgan fingerprint density at radius 3 is 2.64 bits per heavy atom. The summed E-state index contributed by atoms with van der Waals surface area (Å²) in [6.45, 7) is 2.10. The molecule has 1 spiro atoms. The molecule has 5 nitrogen and oxygen atoms in total. The SMILES string of the molecule is CSC(=NCC(=O)N1C2CC3CCC2(CS1(=O)=O)C3C)SC. The Morgan fingerprint density at radius 2 is 2.05 bits per heavy atom. The molecule has 3 aliphatic rings. The summed E-state index contributed by atoms with van der Waals surface area (Å²) in [5, 5.41) is 0. The van der Waals surface area contributed by atoms with Crippen LogP contribution in [-0.4, -0.2) is 53.9 Å². The topological polar surface area (TPSA) is 66.8 Å². The summed E-state index contributed by atoms with van der Waals surface area (Å²) in [6.07, 6.45) is 6.69. The first-order valence-corrected chi connectivity index (χ1v) is 11.6. The zero-order valence-electron chi connectivity index (χ0n) is 13.1.